The molecule has 3 rings (SSSR count). The maximum atomic E-state index is 11.9. The number of fused-ring (bicyclic) bond motifs is 2. The molecule has 0 saturated carbocycles. The molecule has 0 spiro atoms. The number of hydrogen-bond donors (Lipinski definition) is 1. The van der Waals surface area contributed by atoms with Gasteiger partial charge in [0.1, 0.15) is 17.4 Å². The van der Waals surface area contributed by atoms with Gasteiger partial charge >= 0.3 is 5.97 Å². The van der Waals surface area contributed by atoms with Gasteiger partial charge in [0.25, 0.3) is 0 Å². The number of carboxylic acids is 1. The number of ether oxygens (including phenoxy) is 1. The monoisotopic (exact) mass is 282 g/mol. The van der Waals surface area contributed by atoms with Crippen LogP contribution in [0.25, 0.3) is 0 Å². The van der Waals surface area contributed by atoms with Gasteiger partial charge in [0.05, 0.1) is 0 Å². The summed E-state index contributed by atoms with van der Waals surface area (Å²) in [5.74, 6) is 0.139. The van der Waals surface area contributed by atoms with Crippen LogP contribution in [0.3, 0.4) is 0 Å². The standard InChI is InChI=1S/C18H18O3/c1-10(2)12-9-8-11(3)15-16(18(19)20)13-6-4-5-7-14(13)21-17(12)15/h4-10,16H,1-3H3,(H,19,20). The van der Waals surface area contributed by atoms with E-state index in [0.29, 0.717) is 5.75 Å². The summed E-state index contributed by atoms with van der Waals surface area (Å²) in [6, 6.07) is 11.4. The second-order valence-electron chi connectivity index (χ2n) is 5.78. The zero-order chi connectivity index (χ0) is 15.1. The summed E-state index contributed by atoms with van der Waals surface area (Å²) >= 11 is 0. The van der Waals surface area contributed by atoms with Crippen LogP contribution in [0.15, 0.2) is 36.4 Å². The molecule has 0 aromatic heterocycles. The van der Waals surface area contributed by atoms with Crippen molar-refractivity contribution in [1.82, 2.24) is 0 Å². The molecular weight excluding hydrogens is 264 g/mol. The Balaban J connectivity index is 2.31. The molecule has 1 atom stereocenters. The Labute approximate surface area is 124 Å². The number of para-hydroxylation sites is 1. The van der Waals surface area contributed by atoms with Crippen LogP contribution in [0.5, 0.6) is 11.5 Å². The Kier molecular flexibility index (Phi) is 3.20. The Hall–Kier alpha value is -2.29. The smallest absolute Gasteiger partial charge is 0.315 e. The van der Waals surface area contributed by atoms with Crippen molar-refractivity contribution in [3.63, 3.8) is 0 Å². The molecular formula is C18H18O3. The van der Waals surface area contributed by atoms with Crippen molar-refractivity contribution in [2.45, 2.75) is 32.6 Å². The first kappa shape index (κ1) is 13.7. The minimum atomic E-state index is -0.837. The van der Waals surface area contributed by atoms with E-state index >= 15 is 0 Å². The molecule has 0 fully saturated rings. The number of hydrogen-bond acceptors (Lipinski definition) is 2. The van der Waals surface area contributed by atoms with Gasteiger partial charge in [0, 0.05) is 11.1 Å². The first-order valence-electron chi connectivity index (χ1n) is 7.13. The van der Waals surface area contributed by atoms with Crippen LogP contribution >= 0.6 is 0 Å². The zero-order valence-corrected chi connectivity index (χ0v) is 12.4. The van der Waals surface area contributed by atoms with Crippen molar-refractivity contribution < 1.29 is 14.6 Å². The lowest BCUT2D eigenvalue weighted by atomic mass is 9.82. The van der Waals surface area contributed by atoms with Gasteiger partial charge in [-0.2, -0.15) is 0 Å². The average molecular weight is 282 g/mol. The highest BCUT2D eigenvalue weighted by molar-refractivity contribution is 5.85. The molecule has 3 heteroatoms. The van der Waals surface area contributed by atoms with E-state index in [0.717, 1.165) is 28.0 Å². The van der Waals surface area contributed by atoms with Crippen LogP contribution in [-0.4, -0.2) is 11.1 Å². The number of aryl methyl sites for hydroxylation is 1. The summed E-state index contributed by atoms with van der Waals surface area (Å²) in [7, 11) is 0. The number of rotatable bonds is 2. The van der Waals surface area contributed by atoms with E-state index in [1.54, 1.807) is 0 Å². The van der Waals surface area contributed by atoms with Crippen molar-refractivity contribution in [1.29, 1.82) is 0 Å². The van der Waals surface area contributed by atoms with Crippen molar-refractivity contribution in [3.8, 4) is 11.5 Å². The lowest BCUT2D eigenvalue weighted by Gasteiger charge is -2.29. The summed E-state index contributed by atoms with van der Waals surface area (Å²) in [6.45, 7) is 6.12. The van der Waals surface area contributed by atoms with E-state index in [9.17, 15) is 9.90 Å². The second-order valence-corrected chi connectivity index (χ2v) is 5.78. The molecule has 1 aliphatic heterocycles. The predicted octanol–water partition coefficient (Wildman–Crippen LogP) is 4.44. The second kappa shape index (κ2) is 4.92. The van der Waals surface area contributed by atoms with Gasteiger partial charge < -0.3 is 9.84 Å². The van der Waals surface area contributed by atoms with Crippen LogP contribution in [0.2, 0.25) is 0 Å². The van der Waals surface area contributed by atoms with Gasteiger partial charge in [0.15, 0.2) is 0 Å². The largest absolute Gasteiger partial charge is 0.481 e. The zero-order valence-electron chi connectivity index (χ0n) is 12.4. The molecule has 0 aliphatic carbocycles. The van der Waals surface area contributed by atoms with E-state index in [1.807, 2.05) is 43.3 Å². The first-order valence-corrected chi connectivity index (χ1v) is 7.13. The van der Waals surface area contributed by atoms with E-state index < -0.39 is 11.9 Å². The number of aliphatic carboxylic acids is 1. The predicted molar refractivity (Wildman–Crippen MR) is 81.3 cm³/mol. The Bertz CT molecular complexity index is 716. The van der Waals surface area contributed by atoms with E-state index in [-0.39, 0.29) is 5.92 Å². The van der Waals surface area contributed by atoms with Crippen LogP contribution in [0.4, 0.5) is 0 Å². The molecule has 1 aliphatic rings. The average Bonchev–Trinajstić information content (AvgIpc) is 2.44. The molecule has 0 bridgehead atoms. The molecule has 0 saturated heterocycles. The minimum Gasteiger partial charge on any atom is -0.481 e. The third-order valence-corrected chi connectivity index (χ3v) is 4.04. The van der Waals surface area contributed by atoms with E-state index in [1.165, 1.54) is 0 Å². The fraction of sp³-hybridized carbons (Fsp3) is 0.278. The van der Waals surface area contributed by atoms with Gasteiger partial charge in [-0.1, -0.05) is 44.2 Å². The van der Waals surface area contributed by atoms with Crippen LogP contribution in [0, 0.1) is 6.92 Å². The number of carbonyl (C=O) groups is 1. The van der Waals surface area contributed by atoms with Crippen LogP contribution in [0.1, 0.15) is 47.9 Å². The summed E-state index contributed by atoms with van der Waals surface area (Å²) in [5.41, 5.74) is 3.52. The molecule has 1 unspecified atom stereocenters. The molecule has 108 valence electrons. The van der Waals surface area contributed by atoms with Crippen molar-refractivity contribution in [2.24, 2.45) is 0 Å². The normalized spacial score (nSPS) is 16.1. The molecule has 0 amide bonds. The summed E-state index contributed by atoms with van der Waals surface area (Å²) in [4.78, 5) is 11.9. The highest BCUT2D eigenvalue weighted by Gasteiger charge is 2.35. The quantitative estimate of drug-likeness (QED) is 0.885. The summed E-state index contributed by atoms with van der Waals surface area (Å²) in [5, 5.41) is 9.73. The fourth-order valence-electron chi connectivity index (χ4n) is 2.98. The van der Waals surface area contributed by atoms with Crippen LogP contribution < -0.4 is 4.74 Å². The Morgan fingerprint density at radius 3 is 2.57 bits per heavy atom. The first-order chi connectivity index (χ1) is 10.0. The van der Waals surface area contributed by atoms with Crippen molar-refractivity contribution in [2.75, 3.05) is 0 Å². The minimum absolute atomic E-state index is 0.277. The maximum absolute atomic E-state index is 11.9. The highest BCUT2D eigenvalue weighted by Crippen LogP contribution is 2.48. The lowest BCUT2D eigenvalue weighted by Crippen LogP contribution is -2.20. The topological polar surface area (TPSA) is 46.5 Å². The molecule has 3 nitrogen and oxygen atoms in total. The third kappa shape index (κ3) is 2.09. The lowest BCUT2D eigenvalue weighted by molar-refractivity contribution is -0.137. The number of benzene rings is 2. The Morgan fingerprint density at radius 2 is 1.90 bits per heavy atom. The van der Waals surface area contributed by atoms with Crippen LogP contribution in [-0.2, 0) is 4.79 Å². The summed E-state index contributed by atoms with van der Waals surface area (Å²) in [6.07, 6.45) is 0. The van der Waals surface area contributed by atoms with E-state index in [4.69, 9.17) is 4.74 Å². The molecule has 21 heavy (non-hydrogen) atoms. The molecule has 2 aromatic rings. The molecule has 0 radical (unpaired) electrons. The Morgan fingerprint density at radius 1 is 1.19 bits per heavy atom. The van der Waals surface area contributed by atoms with Gasteiger partial charge in [0.2, 0.25) is 0 Å². The fourth-order valence-corrected chi connectivity index (χ4v) is 2.98. The molecule has 1 N–H and O–H groups in total. The molecule has 1 heterocycles. The van der Waals surface area contributed by atoms with Crippen molar-refractivity contribution in [3.05, 3.63) is 58.7 Å². The van der Waals surface area contributed by atoms with Crippen molar-refractivity contribution >= 4 is 5.97 Å². The van der Waals surface area contributed by atoms with Gasteiger partial charge in [-0.05, 0) is 30.0 Å². The summed E-state index contributed by atoms with van der Waals surface area (Å²) < 4.78 is 6.07. The number of carboxylic acid groups (broad SMARTS) is 1. The van der Waals surface area contributed by atoms with E-state index in [2.05, 4.69) is 13.8 Å². The molecule has 2 aromatic carbocycles. The third-order valence-electron chi connectivity index (χ3n) is 4.04. The van der Waals surface area contributed by atoms with Gasteiger partial charge in [-0.15, -0.1) is 0 Å². The maximum Gasteiger partial charge on any atom is 0.315 e. The van der Waals surface area contributed by atoms with Gasteiger partial charge in [-0.3, -0.25) is 4.79 Å². The SMILES string of the molecule is Cc1ccc(C(C)C)c2c1C(C(=O)O)c1ccccc1O2. The highest BCUT2D eigenvalue weighted by atomic mass is 16.5. The van der Waals surface area contributed by atoms with Gasteiger partial charge in [-0.25, -0.2) is 0 Å².